The Hall–Kier alpha value is -1.62. The van der Waals surface area contributed by atoms with Crippen molar-refractivity contribution in [3.63, 3.8) is 0 Å². The Balaban J connectivity index is 1.82. The molecule has 1 saturated heterocycles. The van der Waals surface area contributed by atoms with Crippen LogP contribution in [0, 0.1) is 0 Å². The van der Waals surface area contributed by atoms with Crippen LogP contribution in [-0.4, -0.2) is 42.5 Å². The molecule has 0 saturated carbocycles. The van der Waals surface area contributed by atoms with Crippen molar-refractivity contribution < 1.29 is 9.84 Å². The Kier molecular flexibility index (Phi) is 4.62. The zero-order valence-corrected chi connectivity index (χ0v) is 13.2. The number of hydrogen-bond donors (Lipinski definition) is 1. The van der Waals surface area contributed by atoms with Gasteiger partial charge in [0.1, 0.15) is 11.9 Å². The molecule has 1 aliphatic heterocycles. The van der Waals surface area contributed by atoms with Gasteiger partial charge in [-0.05, 0) is 17.7 Å². The van der Waals surface area contributed by atoms with Gasteiger partial charge in [-0.15, -0.1) is 0 Å². The summed E-state index contributed by atoms with van der Waals surface area (Å²) in [6, 6.07) is 14.0. The molecule has 0 radical (unpaired) electrons. The molecule has 2 heterocycles. The van der Waals surface area contributed by atoms with Gasteiger partial charge in [-0.1, -0.05) is 41.9 Å². The summed E-state index contributed by atoms with van der Waals surface area (Å²) >= 11 is 6.29. The number of methoxy groups -OCH3 is 1. The van der Waals surface area contributed by atoms with Crippen molar-refractivity contribution in [2.24, 2.45) is 0 Å². The molecular weight excluding hydrogens is 300 g/mol. The minimum Gasteiger partial charge on any atom is -0.388 e. The highest BCUT2D eigenvalue weighted by Gasteiger charge is 2.33. The highest BCUT2D eigenvalue weighted by Crippen LogP contribution is 2.28. The molecule has 1 aliphatic rings. The first kappa shape index (κ1) is 15.3. The molecule has 116 valence electrons. The molecule has 2 aromatic rings. The summed E-state index contributed by atoms with van der Waals surface area (Å²) in [6.45, 7) is 1.08. The van der Waals surface area contributed by atoms with E-state index < -0.39 is 6.10 Å². The molecule has 1 N–H and O–H groups in total. The number of aliphatic hydroxyl groups excluding tert-OH is 1. The van der Waals surface area contributed by atoms with Crippen molar-refractivity contribution in [3.05, 3.63) is 58.7 Å². The molecule has 1 aromatic heterocycles. The van der Waals surface area contributed by atoms with E-state index in [0.29, 0.717) is 23.9 Å². The summed E-state index contributed by atoms with van der Waals surface area (Å²) < 4.78 is 5.28. The molecule has 0 aliphatic carbocycles. The fourth-order valence-corrected chi connectivity index (χ4v) is 2.98. The van der Waals surface area contributed by atoms with Gasteiger partial charge in [-0.3, -0.25) is 0 Å². The van der Waals surface area contributed by atoms with E-state index in [1.165, 1.54) is 5.56 Å². The van der Waals surface area contributed by atoms with Gasteiger partial charge in [0.2, 0.25) is 0 Å². The van der Waals surface area contributed by atoms with E-state index in [1.807, 2.05) is 35.2 Å². The van der Waals surface area contributed by atoms with Crippen LogP contribution >= 0.6 is 11.6 Å². The lowest BCUT2D eigenvalue weighted by Gasteiger charge is -2.19. The molecule has 0 unspecified atom stereocenters. The van der Waals surface area contributed by atoms with Gasteiger partial charge in [-0.2, -0.15) is 0 Å². The summed E-state index contributed by atoms with van der Waals surface area (Å²) in [5.41, 5.74) is 2.17. The molecular formula is C17H19ClN2O2. The van der Waals surface area contributed by atoms with Crippen LogP contribution in [-0.2, 0) is 11.2 Å². The minimum atomic E-state index is -0.513. The first-order valence-electron chi connectivity index (χ1n) is 7.32. The van der Waals surface area contributed by atoms with Gasteiger partial charge in [-0.25, -0.2) is 4.98 Å². The van der Waals surface area contributed by atoms with E-state index in [2.05, 4.69) is 17.1 Å². The van der Waals surface area contributed by atoms with Crippen molar-refractivity contribution in [1.29, 1.82) is 0 Å². The summed E-state index contributed by atoms with van der Waals surface area (Å²) in [5, 5.41) is 10.6. The number of benzene rings is 1. The number of rotatable bonds is 4. The van der Waals surface area contributed by atoms with Gasteiger partial charge >= 0.3 is 0 Å². The lowest BCUT2D eigenvalue weighted by atomic mass is 10.1. The second kappa shape index (κ2) is 6.65. The quantitative estimate of drug-likeness (QED) is 0.941. The van der Waals surface area contributed by atoms with Crippen molar-refractivity contribution in [2.75, 3.05) is 25.1 Å². The lowest BCUT2D eigenvalue weighted by molar-refractivity contribution is 0.0217. The molecule has 1 aromatic carbocycles. The molecule has 0 amide bonds. The fraction of sp³-hybridized carbons (Fsp3) is 0.353. The lowest BCUT2D eigenvalue weighted by Crippen LogP contribution is -2.25. The van der Waals surface area contributed by atoms with Crippen LogP contribution in [0.15, 0.2) is 42.5 Å². The normalized spacial score (nSPS) is 21.3. The third-order valence-electron chi connectivity index (χ3n) is 3.95. The zero-order chi connectivity index (χ0) is 15.5. The molecule has 1 fully saturated rings. The topological polar surface area (TPSA) is 45.6 Å². The number of aliphatic hydroxyl groups is 1. The number of hydrogen-bond acceptors (Lipinski definition) is 4. The maximum absolute atomic E-state index is 9.98. The molecule has 4 nitrogen and oxygen atoms in total. The second-order valence-electron chi connectivity index (χ2n) is 5.52. The van der Waals surface area contributed by atoms with Crippen molar-refractivity contribution in [2.45, 2.75) is 18.6 Å². The monoisotopic (exact) mass is 318 g/mol. The average Bonchev–Trinajstić information content (AvgIpc) is 2.91. The van der Waals surface area contributed by atoms with Crippen LogP contribution in [0.5, 0.6) is 0 Å². The van der Waals surface area contributed by atoms with Gasteiger partial charge in [0, 0.05) is 32.3 Å². The number of ether oxygens (including phenoxy) is 1. The van der Waals surface area contributed by atoms with E-state index in [1.54, 1.807) is 7.11 Å². The zero-order valence-electron chi connectivity index (χ0n) is 12.4. The number of halogens is 1. The molecule has 3 rings (SSSR count). The Morgan fingerprint density at radius 2 is 2.00 bits per heavy atom. The van der Waals surface area contributed by atoms with Gasteiger partial charge < -0.3 is 14.7 Å². The molecule has 0 spiro atoms. The minimum absolute atomic E-state index is 0.198. The first-order chi connectivity index (χ1) is 10.7. The van der Waals surface area contributed by atoms with Crippen molar-refractivity contribution in [1.82, 2.24) is 4.98 Å². The molecule has 2 atom stereocenters. The van der Waals surface area contributed by atoms with Crippen LogP contribution in [0.1, 0.15) is 11.3 Å². The first-order valence-corrected chi connectivity index (χ1v) is 7.70. The standard InChI is InChI=1S/C17H19ClN2O2/c1-22-16-11-20(10-15(16)21)17-14(18)8-7-13(19-17)9-12-5-3-2-4-6-12/h2-8,15-16,21H,9-11H2,1H3/t15-,16-/m1/s1. The van der Waals surface area contributed by atoms with Crippen LogP contribution in [0.4, 0.5) is 5.82 Å². The summed E-state index contributed by atoms with van der Waals surface area (Å²) in [5.74, 6) is 0.716. The number of aromatic nitrogens is 1. The van der Waals surface area contributed by atoms with Crippen LogP contribution in [0.25, 0.3) is 0 Å². The van der Waals surface area contributed by atoms with E-state index in [-0.39, 0.29) is 6.10 Å². The van der Waals surface area contributed by atoms with Gasteiger partial charge in [0.15, 0.2) is 0 Å². The second-order valence-corrected chi connectivity index (χ2v) is 5.92. The Morgan fingerprint density at radius 3 is 2.68 bits per heavy atom. The van der Waals surface area contributed by atoms with Crippen LogP contribution in [0.2, 0.25) is 5.02 Å². The molecule has 0 bridgehead atoms. The van der Waals surface area contributed by atoms with E-state index >= 15 is 0 Å². The van der Waals surface area contributed by atoms with E-state index in [4.69, 9.17) is 16.3 Å². The maximum atomic E-state index is 9.98. The van der Waals surface area contributed by atoms with Gasteiger partial charge in [0.05, 0.1) is 11.1 Å². The third-order valence-corrected chi connectivity index (χ3v) is 4.25. The summed E-state index contributed by atoms with van der Waals surface area (Å²) in [4.78, 5) is 6.66. The van der Waals surface area contributed by atoms with Crippen LogP contribution < -0.4 is 4.90 Å². The highest BCUT2D eigenvalue weighted by molar-refractivity contribution is 6.32. The Bertz CT molecular complexity index is 636. The van der Waals surface area contributed by atoms with E-state index in [9.17, 15) is 5.11 Å². The SMILES string of the molecule is CO[C@@H]1CN(c2nc(Cc3ccccc3)ccc2Cl)C[C@H]1O. The summed E-state index contributed by atoms with van der Waals surface area (Å²) in [7, 11) is 1.61. The van der Waals surface area contributed by atoms with Crippen molar-refractivity contribution in [3.8, 4) is 0 Å². The number of nitrogens with zero attached hydrogens (tertiary/aromatic N) is 2. The highest BCUT2D eigenvalue weighted by atomic mass is 35.5. The average molecular weight is 319 g/mol. The van der Waals surface area contributed by atoms with E-state index in [0.717, 1.165) is 12.1 Å². The van der Waals surface area contributed by atoms with Crippen molar-refractivity contribution >= 4 is 17.4 Å². The maximum Gasteiger partial charge on any atom is 0.147 e. The molecule has 5 heteroatoms. The molecule has 22 heavy (non-hydrogen) atoms. The predicted octanol–water partition coefficient (Wildman–Crippen LogP) is 2.52. The number of pyridine rings is 1. The predicted molar refractivity (Wildman–Crippen MR) is 87.5 cm³/mol. The summed E-state index contributed by atoms with van der Waals surface area (Å²) in [6.07, 6.45) is 0.0473. The fourth-order valence-electron chi connectivity index (χ4n) is 2.76. The van der Waals surface area contributed by atoms with Gasteiger partial charge in [0.25, 0.3) is 0 Å². The Morgan fingerprint density at radius 1 is 1.23 bits per heavy atom. The third kappa shape index (κ3) is 3.24. The largest absolute Gasteiger partial charge is 0.388 e. The smallest absolute Gasteiger partial charge is 0.147 e. The number of anilines is 1. The number of β-amino-alcohol motifs (C(OH)–C–C–N with tert-alkyl or cyclic N) is 1. The van der Waals surface area contributed by atoms with Crippen LogP contribution in [0.3, 0.4) is 0 Å². The Labute approximate surface area is 135 Å².